The zero-order valence-electron chi connectivity index (χ0n) is 19.5. The molecule has 1 aliphatic rings. The second-order valence-electron chi connectivity index (χ2n) is 9.12. The molecule has 176 valence electrons. The highest BCUT2D eigenvalue weighted by atomic mass is 16.5. The second kappa shape index (κ2) is 14.2. The fourth-order valence-electron chi connectivity index (χ4n) is 4.04. The Labute approximate surface area is 186 Å². The molecule has 2 atom stereocenters. The molecular formula is C24H40N2O5. The molecule has 2 unspecified atom stereocenters. The van der Waals surface area contributed by atoms with Crippen LogP contribution in [-0.2, 0) is 20.7 Å². The third kappa shape index (κ3) is 12.5. The second-order valence-corrected chi connectivity index (χ2v) is 9.12. The van der Waals surface area contributed by atoms with E-state index in [-0.39, 0.29) is 5.60 Å². The molecule has 31 heavy (non-hydrogen) atoms. The number of hydrogen-bond acceptors (Lipinski definition) is 5. The number of aliphatic carboxylic acids is 2. The van der Waals surface area contributed by atoms with Crippen molar-refractivity contribution >= 4 is 11.9 Å². The standard InChI is InChI=1S/C22H38N2O.C2H2O4/c1-22(2)18-21(12-16-25-22)20(17-19-9-6-5-7-10-19)11-14-23-13-8-15-24(3)4;3-1(4)2(5)6/h5-7,9-10,20-21,23H,8,11-18H2,1-4H3;(H,3,4)(H,5,6). The zero-order valence-corrected chi connectivity index (χ0v) is 19.5. The van der Waals surface area contributed by atoms with E-state index in [2.05, 4.69) is 68.5 Å². The molecule has 2 rings (SSSR count). The number of carbonyl (C=O) groups is 2. The molecule has 1 aromatic rings. The molecule has 1 saturated heterocycles. The summed E-state index contributed by atoms with van der Waals surface area (Å²) >= 11 is 0. The van der Waals surface area contributed by atoms with Crippen LogP contribution in [0, 0.1) is 11.8 Å². The lowest BCUT2D eigenvalue weighted by molar-refractivity contribution is -0.159. The zero-order chi connectivity index (χ0) is 23.3. The number of carboxylic acid groups (broad SMARTS) is 2. The fourth-order valence-corrected chi connectivity index (χ4v) is 4.04. The highest BCUT2D eigenvalue weighted by molar-refractivity contribution is 6.27. The number of rotatable bonds is 10. The van der Waals surface area contributed by atoms with E-state index in [0.29, 0.717) is 0 Å². The molecule has 0 aromatic heterocycles. The molecule has 0 spiro atoms. The maximum absolute atomic E-state index is 9.10. The number of benzene rings is 1. The van der Waals surface area contributed by atoms with Crippen LogP contribution in [0.2, 0.25) is 0 Å². The summed E-state index contributed by atoms with van der Waals surface area (Å²) < 4.78 is 5.96. The summed E-state index contributed by atoms with van der Waals surface area (Å²) in [6.07, 6.45) is 6.08. The lowest BCUT2D eigenvalue weighted by Crippen LogP contribution is -2.38. The van der Waals surface area contributed by atoms with Crippen LogP contribution in [0.15, 0.2) is 30.3 Å². The van der Waals surface area contributed by atoms with Crippen molar-refractivity contribution in [3.63, 3.8) is 0 Å². The van der Waals surface area contributed by atoms with Gasteiger partial charge in [0.05, 0.1) is 5.60 Å². The molecule has 0 saturated carbocycles. The van der Waals surface area contributed by atoms with Crippen molar-refractivity contribution in [3.8, 4) is 0 Å². The van der Waals surface area contributed by atoms with Gasteiger partial charge in [0.25, 0.3) is 0 Å². The average molecular weight is 437 g/mol. The van der Waals surface area contributed by atoms with Gasteiger partial charge in [0, 0.05) is 6.61 Å². The molecule has 1 aromatic carbocycles. The van der Waals surface area contributed by atoms with Gasteiger partial charge in [0.2, 0.25) is 0 Å². The highest BCUT2D eigenvalue weighted by Crippen LogP contribution is 2.36. The molecule has 0 aliphatic carbocycles. The number of ether oxygens (including phenoxy) is 1. The minimum atomic E-state index is -1.82. The van der Waals surface area contributed by atoms with Crippen molar-refractivity contribution in [1.29, 1.82) is 0 Å². The minimum absolute atomic E-state index is 0.0387. The molecule has 7 nitrogen and oxygen atoms in total. The van der Waals surface area contributed by atoms with Crippen LogP contribution >= 0.6 is 0 Å². The van der Waals surface area contributed by atoms with Crippen molar-refractivity contribution in [2.45, 2.75) is 51.6 Å². The van der Waals surface area contributed by atoms with Gasteiger partial charge < -0.3 is 25.2 Å². The molecular weight excluding hydrogens is 396 g/mol. The highest BCUT2D eigenvalue weighted by Gasteiger charge is 2.33. The van der Waals surface area contributed by atoms with Gasteiger partial charge in [0.1, 0.15) is 0 Å². The predicted molar refractivity (Wildman–Crippen MR) is 122 cm³/mol. The molecule has 0 bridgehead atoms. The molecule has 1 fully saturated rings. The maximum Gasteiger partial charge on any atom is 0.414 e. The van der Waals surface area contributed by atoms with Crippen molar-refractivity contribution in [3.05, 3.63) is 35.9 Å². The van der Waals surface area contributed by atoms with Gasteiger partial charge in [-0.15, -0.1) is 0 Å². The average Bonchev–Trinajstić information content (AvgIpc) is 2.70. The number of hydrogen-bond donors (Lipinski definition) is 3. The van der Waals surface area contributed by atoms with E-state index in [1.165, 1.54) is 37.7 Å². The van der Waals surface area contributed by atoms with Crippen LogP contribution in [0.5, 0.6) is 0 Å². The van der Waals surface area contributed by atoms with Crippen LogP contribution in [0.1, 0.15) is 45.1 Å². The molecule has 1 heterocycles. The fraction of sp³-hybridized carbons (Fsp3) is 0.667. The van der Waals surface area contributed by atoms with Gasteiger partial charge >= 0.3 is 11.9 Å². The van der Waals surface area contributed by atoms with Crippen molar-refractivity contribution in [1.82, 2.24) is 10.2 Å². The van der Waals surface area contributed by atoms with Gasteiger partial charge in [-0.1, -0.05) is 30.3 Å². The Bertz CT molecular complexity index is 637. The smallest absolute Gasteiger partial charge is 0.414 e. The van der Waals surface area contributed by atoms with Gasteiger partial charge in [-0.2, -0.15) is 0 Å². The Hall–Kier alpha value is -1.96. The summed E-state index contributed by atoms with van der Waals surface area (Å²) in [5.41, 5.74) is 1.51. The van der Waals surface area contributed by atoms with Gasteiger partial charge in [-0.05, 0) is 97.1 Å². The van der Waals surface area contributed by atoms with Crippen LogP contribution in [0.4, 0.5) is 0 Å². The number of carboxylic acids is 2. The summed E-state index contributed by atoms with van der Waals surface area (Å²) in [6.45, 7) is 8.82. The lowest BCUT2D eigenvalue weighted by Gasteiger charge is -2.39. The molecule has 1 aliphatic heterocycles. The summed E-state index contributed by atoms with van der Waals surface area (Å²) in [7, 11) is 4.28. The normalized spacial score (nSPS) is 18.7. The Morgan fingerprint density at radius 3 is 2.35 bits per heavy atom. The van der Waals surface area contributed by atoms with E-state index in [1.807, 2.05) is 0 Å². The van der Waals surface area contributed by atoms with Crippen molar-refractivity contribution in [2.75, 3.05) is 40.3 Å². The van der Waals surface area contributed by atoms with Crippen LogP contribution in [-0.4, -0.2) is 73.0 Å². The largest absolute Gasteiger partial charge is 0.473 e. The topological polar surface area (TPSA) is 99.1 Å². The van der Waals surface area contributed by atoms with Gasteiger partial charge in [0.15, 0.2) is 0 Å². The molecule has 0 amide bonds. The maximum atomic E-state index is 9.10. The summed E-state index contributed by atoms with van der Waals surface area (Å²) in [5.74, 6) is -2.13. The lowest BCUT2D eigenvalue weighted by atomic mass is 9.75. The first-order valence-electron chi connectivity index (χ1n) is 11.1. The van der Waals surface area contributed by atoms with Crippen LogP contribution in [0.25, 0.3) is 0 Å². The number of nitrogens with zero attached hydrogens (tertiary/aromatic N) is 1. The van der Waals surface area contributed by atoms with Gasteiger partial charge in [-0.3, -0.25) is 0 Å². The van der Waals surface area contributed by atoms with E-state index < -0.39 is 11.9 Å². The van der Waals surface area contributed by atoms with Gasteiger partial charge in [-0.25, -0.2) is 9.59 Å². The SMILES string of the molecule is CN(C)CCCNCCC(Cc1ccccc1)C1CCOC(C)(C)C1.O=C(O)C(=O)O. The first-order chi connectivity index (χ1) is 14.6. The Morgan fingerprint density at radius 2 is 1.81 bits per heavy atom. The van der Waals surface area contributed by atoms with Crippen molar-refractivity contribution in [2.24, 2.45) is 11.8 Å². The Balaban J connectivity index is 0.000000703. The minimum Gasteiger partial charge on any atom is -0.473 e. The van der Waals surface area contributed by atoms with Crippen LogP contribution in [0.3, 0.4) is 0 Å². The first-order valence-corrected chi connectivity index (χ1v) is 11.1. The summed E-state index contributed by atoms with van der Waals surface area (Å²) in [6, 6.07) is 11.0. The first kappa shape index (κ1) is 27.1. The Kier molecular flexibility index (Phi) is 12.4. The van der Waals surface area contributed by atoms with E-state index in [1.54, 1.807) is 0 Å². The molecule has 0 radical (unpaired) electrons. The monoisotopic (exact) mass is 436 g/mol. The summed E-state index contributed by atoms with van der Waals surface area (Å²) in [5, 5.41) is 18.4. The Morgan fingerprint density at radius 1 is 1.16 bits per heavy atom. The predicted octanol–water partition coefficient (Wildman–Crippen LogP) is 3.14. The van der Waals surface area contributed by atoms with E-state index in [4.69, 9.17) is 24.5 Å². The van der Waals surface area contributed by atoms with E-state index in [9.17, 15) is 0 Å². The number of nitrogens with one attached hydrogen (secondary N) is 1. The van der Waals surface area contributed by atoms with Crippen molar-refractivity contribution < 1.29 is 24.5 Å². The third-order valence-electron chi connectivity index (χ3n) is 5.58. The summed E-state index contributed by atoms with van der Waals surface area (Å²) in [4.78, 5) is 20.5. The quantitative estimate of drug-likeness (QED) is 0.383. The van der Waals surface area contributed by atoms with E-state index in [0.717, 1.165) is 38.1 Å². The molecule has 3 N–H and O–H groups in total. The van der Waals surface area contributed by atoms with Crippen LogP contribution < -0.4 is 5.32 Å². The van der Waals surface area contributed by atoms with E-state index >= 15 is 0 Å². The molecule has 7 heteroatoms. The third-order valence-corrected chi connectivity index (χ3v) is 5.58.